The number of nitrogens with one attached hydrogen (secondary N) is 2. The lowest BCUT2D eigenvalue weighted by molar-refractivity contribution is -0.294. The molecule has 2 aliphatic heterocycles. The molecular formula is C52H79N3O16. The molecular weight excluding hydrogens is 923 g/mol. The fraction of sp³-hybridized carbons (Fsp3) is 0.712. The summed E-state index contributed by atoms with van der Waals surface area (Å²) in [5.41, 5.74) is -3.54. The highest BCUT2D eigenvalue weighted by molar-refractivity contribution is 5.86. The van der Waals surface area contributed by atoms with E-state index >= 15 is 0 Å². The van der Waals surface area contributed by atoms with Crippen LogP contribution in [-0.2, 0) is 63.6 Å². The second kappa shape index (κ2) is 23.4. The van der Waals surface area contributed by atoms with Crippen molar-refractivity contribution in [2.75, 3.05) is 26.4 Å². The highest BCUT2D eigenvalue weighted by Crippen LogP contribution is 2.39. The van der Waals surface area contributed by atoms with E-state index in [-0.39, 0.29) is 37.4 Å². The zero-order chi connectivity index (χ0) is 53.4. The number of benzene rings is 1. The number of aromatic nitrogens is 2. The van der Waals surface area contributed by atoms with Gasteiger partial charge < -0.3 is 53.1 Å². The number of nitrogens with zero attached hydrogens (tertiary/aromatic N) is 1. The van der Waals surface area contributed by atoms with Crippen LogP contribution in [0.5, 0.6) is 17.4 Å². The Balaban J connectivity index is 1.80. The third kappa shape index (κ3) is 16.6. The predicted molar refractivity (Wildman–Crippen MR) is 259 cm³/mol. The van der Waals surface area contributed by atoms with Gasteiger partial charge in [0.05, 0.1) is 41.5 Å². The quantitative estimate of drug-likeness (QED) is 0.0705. The molecule has 1 aromatic heterocycles. The van der Waals surface area contributed by atoms with Gasteiger partial charge in [0.2, 0.25) is 24.2 Å². The number of hydrogen-bond donors (Lipinski definition) is 3. The molecule has 3 heterocycles. The molecule has 2 saturated heterocycles. The summed E-state index contributed by atoms with van der Waals surface area (Å²) in [6, 6.07) is 5.41. The molecule has 3 N–H and O–H groups in total. The number of carboxylic acids is 1. The number of carboxylic acid groups (broad SMARTS) is 1. The van der Waals surface area contributed by atoms with Crippen molar-refractivity contribution in [2.45, 2.75) is 191 Å². The van der Waals surface area contributed by atoms with E-state index in [4.69, 9.17) is 42.6 Å². The van der Waals surface area contributed by atoms with Crippen LogP contribution in [-0.4, -0.2) is 120 Å². The fourth-order valence-electron chi connectivity index (χ4n) is 6.93. The van der Waals surface area contributed by atoms with Gasteiger partial charge in [-0.2, -0.15) is 0 Å². The normalized spacial score (nSPS) is 20.4. The standard InChI is InChI=1S/C52H79N3O16/c1-29(2)37-33(26-30-19-20-32(27-34(30)66-31-21-24-63-25-22-31)64-23-17-18-36(56)53-52(15,16)43(57)58)41(55-54-37)71-42-40(70-47(62)51(12,13)14)39(69-46(61)50(9,10)11)38(68-45(60)49(6,7)8)35(67-42)28-65-44(59)48(3,4)5/h19-20,27,29,31,35,38-40,42H,17-18,21-26,28H2,1-16H3,(H,53,56)(H,54,55)(H,57,58)/t35-,38-,39+,40-,42+/m1/s1. The fourth-order valence-corrected chi connectivity index (χ4v) is 6.93. The van der Waals surface area contributed by atoms with E-state index in [0.29, 0.717) is 55.2 Å². The lowest BCUT2D eigenvalue weighted by Gasteiger charge is -2.45. The number of rotatable bonds is 19. The summed E-state index contributed by atoms with van der Waals surface area (Å²) in [5.74, 6) is -3.33. The van der Waals surface area contributed by atoms with Gasteiger partial charge in [0.15, 0.2) is 12.2 Å². The van der Waals surface area contributed by atoms with Crippen LogP contribution in [0, 0.1) is 21.7 Å². The van der Waals surface area contributed by atoms with Gasteiger partial charge in [0.1, 0.15) is 35.9 Å². The Morgan fingerprint density at radius 1 is 0.761 bits per heavy atom. The van der Waals surface area contributed by atoms with Gasteiger partial charge in [-0.25, -0.2) is 4.79 Å². The highest BCUT2D eigenvalue weighted by Gasteiger charge is 2.56. The Hall–Kier alpha value is -5.43. The first kappa shape index (κ1) is 58.1. The molecule has 1 aromatic carbocycles. The van der Waals surface area contributed by atoms with Crippen LogP contribution < -0.4 is 19.5 Å². The Morgan fingerprint density at radius 2 is 1.31 bits per heavy atom. The first-order valence-electron chi connectivity index (χ1n) is 24.4. The summed E-state index contributed by atoms with van der Waals surface area (Å²) in [6.07, 6.45) is -5.78. The zero-order valence-corrected chi connectivity index (χ0v) is 44.7. The van der Waals surface area contributed by atoms with E-state index in [1.54, 1.807) is 95.2 Å². The SMILES string of the molecule is CC(C)c1[nH]nc(O[C@@H]2O[C@H](COC(=O)C(C)(C)C)[C@@H](OC(=O)C(C)(C)C)[C@H](OC(=O)C(C)(C)C)[C@H]2OC(=O)C(C)(C)C)c1Cc1ccc(OCCCC(=O)NC(C)(C)C(=O)O)cc1OC1CCOCC1. The van der Waals surface area contributed by atoms with Crippen molar-refractivity contribution in [3.63, 3.8) is 0 Å². The largest absolute Gasteiger partial charge is 0.493 e. The van der Waals surface area contributed by atoms with Crippen molar-refractivity contribution in [1.82, 2.24) is 15.5 Å². The molecule has 19 heteroatoms. The molecule has 0 bridgehead atoms. The maximum atomic E-state index is 13.9. The number of aliphatic carboxylic acids is 1. The minimum atomic E-state index is -1.59. The third-order valence-electron chi connectivity index (χ3n) is 11.5. The molecule has 71 heavy (non-hydrogen) atoms. The van der Waals surface area contributed by atoms with Crippen LogP contribution in [0.3, 0.4) is 0 Å². The molecule has 0 aliphatic carbocycles. The van der Waals surface area contributed by atoms with Crippen LogP contribution in [0.2, 0.25) is 0 Å². The van der Waals surface area contributed by atoms with Crippen LogP contribution >= 0.6 is 0 Å². The molecule has 5 atom stereocenters. The molecule has 2 aliphatic rings. The van der Waals surface area contributed by atoms with E-state index < -0.39 is 100 Å². The van der Waals surface area contributed by atoms with Gasteiger partial charge in [-0.3, -0.25) is 29.1 Å². The molecule has 2 aromatic rings. The number of esters is 4. The molecule has 1 amide bonds. The Morgan fingerprint density at radius 3 is 1.85 bits per heavy atom. The molecule has 0 spiro atoms. The number of carbonyl (C=O) groups excluding carboxylic acids is 5. The molecule has 0 radical (unpaired) electrons. The molecule has 19 nitrogen and oxygen atoms in total. The third-order valence-corrected chi connectivity index (χ3v) is 11.5. The topological polar surface area (TPSA) is 246 Å². The molecule has 398 valence electrons. The smallest absolute Gasteiger partial charge is 0.328 e. The summed E-state index contributed by atoms with van der Waals surface area (Å²) in [4.78, 5) is 78.8. The Labute approximate surface area is 418 Å². The van der Waals surface area contributed by atoms with E-state index in [2.05, 4.69) is 15.5 Å². The number of hydrogen-bond acceptors (Lipinski definition) is 16. The van der Waals surface area contributed by atoms with Gasteiger partial charge in [0, 0.05) is 43.0 Å². The number of aromatic amines is 1. The van der Waals surface area contributed by atoms with Crippen LogP contribution in [0.25, 0.3) is 0 Å². The maximum absolute atomic E-state index is 13.9. The molecule has 4 rings (SSSR count). The van der Waals surface area contributed by atoms with E-state index in [9.17, 15) is 33.9 Å². The van der Waals surface area contributed by atoms with Gasteiger partial charge in [-0.05, 0) is 121 Å². The van der Waals surface area contributed by atoms with Gasteiger partial charge >= 0.3 is 29.8 Å². The highest BCUT2D eigenvalue weighted by atomic mass is 16.7. The van der Waals surface area contributed by atoms with Gasteiger partial charge in [-0.1, -0.05) is 19.9 Å². The molecule has 0 unspecified atom stereocenters. The number of ether oxygens (including phenoxy) is 9. The second-order valence-electron chi connectivity index (χ2n) is 23.3. The predicted octanol–water partition coefficient (Wildman–Crippen LogP) is 7.39. The average molecular weight is 1000 g/mol. The maximum Gasteiger partial charge on any atom is 0.328 e. The monoisotopic (exact) mass is 1000 g/mol. The molecule has 2 fully saturated rings. The number of amides is 1. The number of carbonyl (C=O) groups is 6. The van der Waals surface area contributed by atoms with Crippen molar-refractivity contribution >= 4 is 35.8 Å². The van der Waals surface area contributed by atoms with Crippen molar-refractivity contribution in [3.8, 4) is 17.4 Å². The first-order chi connectivity index (χ1) is 32.7. The van der Waals surface area contributed by atoms with Crippen molar-refractivity contribution in [1.29, 1.82) is 0 Å². The van der Waals surface area contributed by atoms with Crippen LogP contribution in [0.4, 0.5) is 0 Å². The van der Waals surface area contributed by atoms with Gasteiger partial charge in [0.25, 0.3) is 0 Å². The summed E-state index contributed by atoms with van der Waals surface area (Å²) in [6.45, 7) is 27.4. The summed E-state index contributed by atoms with van der Waals surface area (Å²) in [7, 11) is 0. The van der Waals surface area contributed by atoms with Crippen molar-refractivity contribution in [3.05, 3.63) is 35.0 Å². The van der Waals surface area contributed by atoms with Gasteiger partial charge in [-0.15, -0.1) is 5.10 Å². The number of H-pyrrole nitrogens is 1. The average Bonchev–Trinajstić information content (AvgIpc) is 3.64. The van der Waals surface area contributed by atoms with E-state index in [1.165, 1.54) is 13.8 Å². The Bertz CT molecular complexity index is 2180. The van der Waals surface area contributed by atoms with Crippen molar-refractivity contribution in [2.24, 2.45) is 21.7 Å². The summed E-state index contributed by atoms with van der Waals surface area (Å²) in [5, 5.41) is 19.6. The summed E-state index contributed by atoms with van der Waals surface area (Å²) < 4.78 is 56.0. The van der Waals surface area contributed by atoms with Crippen molar-refractivity contribution < 1.29 is 76.5 Å². The summed E-state index contributed by atoms with van der Waals surface area (Å²) >= 11 is 0. The van der Waals surface area contributed by atoms with Crippen LogP contribution in [0.1, 0.15) is 159 Å². The van der Waals surface area contributed by atoms with Crippen LogP contribution in [0.15, 0.2) is 18.2 Å². The second-order valence-corrected chi connectivity index (χ2v) is 23.3. The Kier molecular flexibility index (Phi) is 19.2. The van der Waals surface area contributed by atoms with E-state index in [0.717, 1.165) is 5.56 Å². The molecule has 0 saturated carbocycles. The lowest BCUT2D eigenvalue weighted by atomic mass is 9.93. The first-order valence-corrected chi connectivity index (χ1v) is 24.4. The minimum absolute atomic E-state index is 0.0494. The lowest BCUT2D eigenvalue weighted by Crippen LogP contribution is -2.65. The van der Waals surface area contributed by atoms with E-state index in [1.807, 2.05) is 19.9 Å². The zero-order valence-electron chi connectivity index (χ0n) is 44.7. The minimum Gasteiger partial charge on any atom is -0.493 e.